The maximum absolute atomic E-state index is 13.9. The van der Waals surface area contributed by atoms with E-state index in [0.29, 0.717) is 69.4 Å². The van der Waals surface area contributed by atoms with Crippen molar-refractivity contribution in [3.8, 4) is 5.75 Å². The van der Waals surface area contributed by atoms with Gasteiger partial charge in [-0.15, -0.1) is 35.5 Å². The Morgan fingerprint density at radius 2 is 1.33 bits per heavy atom. The number of ketones is 1. The monoisotopic (exact) mass is 1690 g/mol. The average molecular weight is 1690 g/mol. The number of carbonyl (C=O) groups is 4. The predicted molar refractivity (Wildman–Crippen MR) is 430 cm³/mol. The third-order valence-electron chi connectivity index (χ3n) is 19.8. The number of hydroxylamine groups is 1. The number of ether oxygens (including phenoxy) is 4. The summed E-state index contributed by atoms with van der Waals surface area (Å²) in [5, 5.41) is 35.6. The Morgan fingerprint density at radius 1 is 0.698 bits per heavy atom. The minimum atomic E-state index is -4.47. The van der Waals surface area contributed by atoms with Crippen LogP contribution in [0.2, 0.25) is 0 Å². The summed E-state index contributed by atoms with van der Waals surface area (Å²) in [4.78, 5) is 55.3. The fourth-order valence-electron chi connectivity index (χ4n) is 14.4. The summed E-state index contributed by atoms with van der Waals surface area (Å²) < 4.78 is 155. The van der Waals surface area contributed by atoms with E-state index in [9.17, 15) is 50.2 Å². The van der Waals surface area contributed by atoms with Gasteiger partial charge in [-0.1, -0.05) is 99.5 Å². The van der Waals surface area contributed by atoms with E-state index in [-0.39, 0.29) is 98.9 Å². The molecule has 2 atom stereocenters. The molecule has 9 rings (SSSR count). The summed E-state index contributed by atoms with van der Waals surface area (Å²) in [6.45, 7) is 18.7. The molecule has 0 spiro atoms. The van der Waals surface area contributed by atoms with Crippen molar-refractivity contribution in [2.24, 2.45) is 5.92 Å². The van der Waals surface area contributed by atoms with Crippen LogP contribution in [-0.4, -0.2) is 205 Å². The van der Waals surface area contributed by atoms with Crippen molar-refractivity contribution < 1.29 is 98.9 Å². The Kier molecular flexibility index (Phi) is 35.9. The number of likely N-dealkylation sites (N-methyl/N-ethyl adjacent to an activating group) is 1. The van der Waals surface area contributed by atoms with Crippen LogP contribution >= 0.6 is 0 Å². The number of hydrogen-bond acceptors (Lipinski definition) is 24. The Hall–Kier alpha value is -9.70. The fraction of sp³-hybridized carbons (Fsp3) is 0.481. The van der Waals surface area contributed by atoms with Gasteiger partial charge in [0.1, 0.15) is 36.7 Å². The second-order valence-corrected chi connectivity index (χ2v) is 33.1. The zero-order valence-corrected chi connectivity index (χ0v) is 69.9. The highest BCUT2D eigenvalue weighted by Gasteiger charge is 2.46. The van der Waals surface area contributed by atoms with Crippen molar-refractivity contribution >= 4 is 103 Å². The lowest BCUT2D eigenvalue weighted by Crippen LogP contribution is -2.51. The molecular formula is C79H104FN12O20S4+. The number of Topliss-reactive ketones (excluding diaryl/α,β-unsaturated/α-hetero) is 1. The number of fused-ring (bicyclic) bond motifs is 6. The number of alkyl halides is 1. The van der Waals surface area contributed by atoms with Gasteiger partial charge in [0.15, 0.2) is 5.71 Å². The van der Waals surface area contributed by atoms with E-state index in [1.165, 1.54) is 80.1 Å². The number of methoxy groups -OCH3 is 1. The van der Waals surface area contributed by atoms with E-state index in [1.807, 2.05) is 6.07 Å². The summed E-state index contributed by atoms with van der Waals surface area (Å²) in [5.41, 5.74) is 9.55. The molecule has 0 fully saturated rings. The van der Waals surface area contributed by atoms with Gasteiger partial charge in [-0.25, -0.2) is 23.3 Å². The molecule has 5 aromatic carbocycles. The molecule has 2 unspecified atom stereocenters. The smallest absolute Gasteiger partial charge is 0.425 e. The van der Waals surface area contributed by atoms with Crippen LogP contribution in [-0.2, 0) is 112 Å². The summed E-state index contributed by atoms with van der Waals surface area (Å²) in [6, 6.07) is 23.3. The number of allylic oxidation sites excluding steroid dienone is 6. The van der Waals surface area contributed by atoms with E-state index >= 15 is 0 Å². The molecule has 3 amide bonds. The van der Waals surface area contributed by atoms with Gasteiger partial charge in [0.2, 0.25) is 27.5 Å². The number of carbonyl (C=O) groups excluding carboxylic acids is 4. The molecular weight excluding hydrogens is 1580 g/mol. The maximum atomic E-state index is 13.9. The van der Waals surface area contributed by atoms with Gasteiger partial charge < -0.3 is 34.5 Å². The van der Waals surface area contributed by atoms with Gasteiger partial charge in [0, 0.05) is 79.3 Å². The van der Waals surface area contributed by atoms with Crippen LogP contribution in [0.4, 0.5) is 15.8 Å². The molecule has 0 radical (unpaired) electrons. The number of amides is 3. The minimum absolute atomic E-state index is 0.0846. The fourth-order valence-corrected chi connectivity index (χ4v) is 16.6. The summed E-state index contributed by atoms with van der Waals surface area (Å²) in [6.07, 6.45) is 19.5. The molecule has 37 heteroatoms. The molecule has 0 saturated carbocycles. The summed E-state index contributed by atoms with van der Waals surface area (Å²) >= 11 is 0. The molecule has 0 bridgehead atoms. The number of anilines is 1. The van der Waals surface area contributed by atoms with Crippen LogP contribution in [0, 0.1) is 12.8 Å². The van der Waals surface area contributed by atoms with Crippen molar-refractivity contribution in [3.05, 3.63) is 161 Å². The zero-order chi connectivity index (χ0) is 84.9. The normalized spacial score (nSPS) is 14.5. The molecule has 32 nitrogen and oxygen atoms in total. The quantitative estimate of drug-likeness (QED) is 0.00595. The van der Waals surface area contributed by atoms with Crippen LogP contribution in [0.3, 0.4) is 0 Å². The van der Waals surface area contributed by atoms with Crippen LogP contribution in [0.5, 0.6) is 5.75 Å². The SMILES string of the molecule is CCN1\C(=C/C=C/C=C/C2=[N+](CCCCCC(=O)CCCCCC(NC(=O)Cn3cc(CCCF)nn3)C(=O)NCCOCCOCCOCCn3cc(CN(C(C(=O)NO)C(C)C)S(=O)(=O)c4ccc(OC)cc4)nn3)c3ccc4ccc(S(=O)(=O)O)cc4c3C2(C)C)C(C)(C)c2c1ccc1c(C)cccc21.O=S(=O)=O.O=S(=O)=O. The molecule has 116 heavy (non-hydrogen) atoms. The second-order valence-electron chi connectivity index (χ2n) is 28.9. The third kappa shape index (κ3) is 26.2. The van der Waals surface area contributed by atoms with Crippen molar-refractivity contribution in [2.45, 2.75) is 178 Å². The van der Waals surface area contributed by atoms with E-state index in [1.54, 1.807) is 43.9 Å². The van der Waals surface area contributed by atoms with Crippen LogP contribution < -0.4 is 25.8 Å². The molecule has 5 N–H and O–H groups in total. The first-order valence-corrected chi connectivity index (χ1v) is 42.9. The number of aryl methyl sites for hydroxylation is 2. The topological polar surface area (TPSA) is 423 Å². The number of aromatic nitrogens is 6. The molecule has 2 aliphatic rings. The molecule has 4 heterocycles. The zero-order valence-electron chi connectivity index (χ0n) is 66.6. The predicted octanol–water partition coefficient (Wildman–Crippen LogP) is 8.68. The standard InChI is InChI=1S/C79H103FN12O14S2.2O3S/c1-10-90-68-39-37-64-56(4)22-20-26-65(64)73(68)78(5,6)70(90)28-17-12-18-29-71-79(7,8)74-66-50-63(108(100,101)102)34-30-57(66)31-38-69(74)91(71)42-19-13-15-25-60(93)24-14-11-16-27-67(82-72(94)54-89-51-58(83-87-89)23-21-40-80)76(95)81-41-44-104-46-48-106-49-47-105-45-43-88-52-59(84-86-88)53-92(75(55(2)3)77(96)85-97)107(98,99)62-35-32-61(103-9)33-36-62;2*1-4(2)3/h12,17-18,20,22,26,28-39,50-52,55,67,75H,10-11,13-16,19,21,23-25,27,40-49,53-54H2,1-9H3,(H4-,81,82,83,84,85,86,87,94,95,96,97,100,101,102);;/p+1. The highest BCUT2D eigenvalue weighted by molar-refractivity contribution is 7.89. The van der Waals surface area contributed by atoms with Crippen molar-refractivity contribution in [3.63, 3.8) is 0 Å². The van der Waals surface area contributed by atoms with Gasteiger partial charge in [-0.2, -0.15) is 17.3 Å². The maximum Gasteiger partial charge on any atom is 0.425 e. The molecule has 7 aromatic rings. The highest BCUT2D eigenvalue weighted by Crippen LogP contribution is 2.51. The number of nitrogens with one attached hydrogen (secondary N) is 3. The number of nitrogens with zero attached hydrogens (tertiary/aromatic N) is 9. The Morgan fingerprint density at radius 3 is 1.97 bits per heavy atom. The summed E-state index contributed by atoms with van der Waals surface area (Å²) in [7, 11) is -13.5. The Bertz CT molecular complexity index is 5130. The first-order valence-electron chi connectivity index (χ1n) is 38.0. The number of halogens is 1. The van der Waals surface area contributed by atoms with Gasteiger partial charge in [0.25, 0.3) is 16.0 Å². The lowest BCUT2D eigenvalue weighted by atomic mass is 9.79. The van der Waals surface area contributed by atoms with Gasteiger partial charge in [-0.3, -0.25) is 33.3 Å². The molecule has 630 valence electrons. The molecule has 0 aliphatic carbocycles. The van der Waals surface area contributed by atoms with Crippen molar-refractivity contribution in [1.29, 1.82) is 0 Å². The molecule has 2 aromatic heterocycles. The lowest BCUT2D eigenvalue weighted by Gasteiger charge is -2.31. The second kappa shape index (κ2) is 44.6. The number of sulfonamides is 1. The average Bonchev–Trinajstić information content (AvgIpc) is 1.57. The highest BCUT2D eigenvalue weighted by atomic mass is 32.2. The first kappa shape index (κ1) is 93.5. The van der Waals surface area contributed by atoms with E-state index < -0.39 is 89.2 Å². The molecule has 2 aliphatic heterocycles. The largest absolute Gasteiger partial charge is 0.497 e. The van der Waals surface area contributed by atoms with E-state index in [0.717, 1.165) is 51.4 Å². The summed E-state index contributed by atoms with van der Waals surface area (Å²) in [5.74, 6) is -1.70. The third-order valence-corrected chi connectivity index (χ3v) is 22.5. The minimum Gasteiger partial charge on any atom is -0.497 e. The number of rotatable bonds is 44. The van der Waals surface area contributed by atoms with E-state index in [4.69, 9.17) is 44.2 Å². The number of hydrogen-bond donors (Lipinski definition) is 5. The Labute approximate surface area is 678 Å². The number of benzene rings is 5. The van der Waals surface area contributed by atoms with Crippen molar-refractivity contribution in [2.75, 3.05) is 78.0 Å². The number of unbranched alkanes of at least 4 members (excludes halogenated alkanes) is 4. The van der Waals surface area contributed by atoms with Crippen LogP contribution in [0.1, 0.15) is 141 Å². The van der Waals surface area contributed by atoms with Crippen molar-refractivity contribution in [1.82, 2.24) is 50.4 Å². The van der Waals surface area contributed by atoms with Gasteiger partial charge in [0.05, 0.1) is 93.1 Å². The van der Waals surface area contributed by atoms with Gasteiger partial charge in [-0.05, 0) is 159 Å². The van der Waals surface area contributed by atoms with Crippen LogP contribution in [0.15, 0.2) is 143 Å². The van der Waals surface area contributed by atoms with E-state index in [2.05, 4.69) is 149 Å². The molecule has 0 saturated heterocycles. The van der Waals surface area contributed by atoms with Gasteiger partial charge >= 0.3 is 21.2 Å². The Balaban J connectivity index is 0.00000222. The first-order chi connectivity index (χ1) is 55.2. The van der Waals surface area contributed by atoms with Crippen LogP contribution in [0.25, 0.3) is 21.5 Å². The lowest BCUT2D eigenvalue weighted by molar-refractivity contribution is -0.438.